The summed E-state index contributed by atoms with van der Waals surface area (Å²) in [4.78, 5) is 72.1. The molecule has 17 nitrogen and oxygen atoms in total. The highest BCUT2D eigenvalue weighted by atomic mass is 31.2. The smallest absolute Gasteiger partial charge is 0.335 e. The number of piperidine rings is 1. The number of ether oxygens (including phenoxy) is 5. The normalized spacial score (nSPS) is 37.8. The van der Waals surface area contributed by atoms with Gasteiger partial charge in [-0.05, 0) is 107 Å². The summed E-state index contributed by atoms with van der Waals surface area (Å²) in [6.45, 7) is 12.6. The number of hydrogen-bond acceptors (Lipinski definition) is 14. The molecular formula is C51H82N3O14P. The number of nitrogens with zero attached hydrogens (tertiary/aromatic N) is 1. The highest BCUT2D eigenvalue weighted by molar-refractivity contribution is 7.53. The Morgan fingerprint density at radius 1 is 0.870 bits per heavy atom. The van der Waals surface area contributed by atoms with Gasteiger partial charge in [-0.1, -0.05) is 71.1 Å². The van der Waals surface area contributed by atoms with Crippen LogP contribution in [-0.2, 0) is 56.7 Å². The zero-order valence-corrected chi connectivity index (χ0v) is 43.5. The van der Waals surface area contributed by atoms with Gasteiger partial charge in [0.15, 0.2) is 5.78 Å². The summed E-state index contributed by atoms with van der Waals surface area (Å²) in [5.74, 6) is -8.41. The number of allylic oxidation sites excluding steroid dienone is 6. The molecule has 0 aromatic carbocycles. The third-order valence-corrected chi connectivity index (χ3v) is 15.4. The third-order valence-electron chi connectivity index (χ3n) is 14.8. The minimum atomic E-state index is -3.79. The molecule has 2 saturated heterocycles. The molecule has 15 atom stereocenters. The predicted octanol–water partition coefficient (Wildman–Crippen LogP) is 6.23. The van der Waals surface area contributed by atoms with Crippen LogP contribution in [0, 0.1) is 35.5 Å². The van der Waals surface area contributed by atoms with Crippen molar-refractivity contribution in [3.05, 3.63) is 47.6 Å². The number of hydrogen-bond donors (Lipinski definition) is 4. The first kappa shape index (κ1) is 58.4. The molecule has 390 valence electrons. The summed E-state index contributed by atoms with van der Waals surface area (Å²) in [6.07, 6.45) is 10.2. The van der Waals surface area contributed by atoms with Gasteiger partial charge in [-0.15, -0.1) is 0 Å². The second-order valence-corrected chi connectivity index (χ2v) is 21.8. The maximum Gasteiger partial charge on any atom is 0.335 e. The average molecular weight is 992 g/mol. The van der Waals surface area contributed by atoms with E-state index in [0.717, 1.165) is 5.57 Å². The van der Waals surface area contributed by atoms with Gasteiger partial charge in [-0.2, -0.15) is 0 Å². The summed E-state index contributed by atoms with van der Waals surface area (Å²) in [5, 5.41) is 23.4. The van der Waals surface area contributed by atoms with Crippen LogP contribution in [0.4, 0.5) is 0 Å². The van der Waals surface area contributed by atoms with Gasteiger partial charge < -0.3 is 43.3 Å². The highest BCUT2D eigenvalue weighted by Gasteiger charge is 2.53. The lowest BCUT2D eigenvalue weighted by Crippen LogP contribution is -2.61. The zero-order chi connectivity index (χ0) is 51.4. The molecule has 18 heteroatoms. The number of aliphatic hydroxyl groups is 2. The first-order valence-corrected chi connectivity index (χ1v) is 26.5. The van der Waals surface area contributed by atoms with Crippen LogP contribution in [0.1, 0.15) is 126 Å². The highest BCUT2D eigenvalue weighted by Crippen LogP contribution is 2.41. The van der Waals surface area contributed by atoms with Crippen molar-refractivity contribution >= 4 is 36.9 Å². The maximum atomic E-state index is 14.5. The van der Waals surface area contributed by atoms with Crippen LogP contribution in [0.15, 0.2) is 47.6 Å². The van der Waals surface area contributed by atoms with Crippen molar-refractivity contribution in [2.45, 2.75) is 180 Å². The van der Waals surface area contributed by atoms with Crippen LogP contribution in [0.5, 0.6) is 0 Å². The number of rotatable bonds is 8. The number of amides is 1. The van der Waals surface area contributed by atoms with E-state index >= 15 is 0 Å². The third kappa shape index (κ3) is 16.1. The number of Topliss-reactive ketones (excluding diaryl/α,β-unsaturated/α-hetero) is 3. The molecule has 69 heavy (non-hydrogen) atoms. The van der Waals surface area contributed by atoms with Crippen molar-refractivity contribution in [3.63, 3.8) is 0 Å². The molecule has 1 aliphatic carbocycles. The number of ketones is 3. The molecule has 3 heterocycles. The van der Waals surface area contributed by atoms with E-state index in [2.05, 4.69) is 0 Å². The van der Waals surface area contributed by atoms with E-state index in [1.165, 1.54) is 19.1 Å². The van der Waals surface area contributed by atoms with Crippen LogP contribution < -0.4 is 11.0 Å². The summed E-state index contributed by atoms with van der Waals surface area (Å²) < 4.78 is 47.1. The monoisotopic (exact) mass is 992 g/mol. The number of fused-ring (bicyclic) bond motifs is 3. The number of aliphatic hydroxyl groups excluding tert-OH is 1. The van der Waals surface area contributed by atoms with Gasteiger partial charge in [0.25, 0.3) is 11.7 Å². The Morgan fingerprint density at radius 3 is 2.23 bits per heavy atom. The van der Waals surface area contributed by atoms with E-state index in [0.29, 0.717) is 69.8 Å². The quantitative estimate of drug-likeness (QED) is 0.0910. The minimum Gasteiger partial charge on any atom is -0.460 e. The molecule has 0 aromatic rings. The minimum absolute atomic E-state index is 0.00261. The molecule has 3 aliphatic heterocycles. The molecule has 6 N–H and O–H groups in total. The molecule has 2 unspecified atom stereocenters. The first-order chi connectivity index (χ1) is 32.4. The molecule has 0 aromatic heterocycles. The fourth-order valence-electron chi connectivity index (χ4n) is 10.4. The van der Waals surface area contributed by atoms with Gasteiger partial charge in [0, 0.05) is 58.5 Å². The topological polar surface area (TPSA) is 254 Å². The van der Waals surface area contributed by atoms with E-state index in [1.807, 2.05) is 51.2 Å². The lowest BCUT2D eigenvalue weighted by atomic mass is 9.78. The molecule has 0 radical (unpaired) electrons. The molecule has 1 saturated carbocycles. The van der Waals surface area contributed by atoms with Crippen molar-refractivity contribution in [2.24, 2.45) is 46.5 Å². The lowest BCUT2D eigenvalue weighted by molar-refractivity contribution is -0.265. The second-order valence-electron chi connectivity index (χ2n) is 20.3. The van der Waals surface area contributed by atoms with Crippen LogP contribution >= 0.6 is 7.67 Å². The molecule has 4 aliphatic rings. The second kappa shape index (κ2) is 26.5. The van der Waals surface area contributed by atoms with E-state index in [1.54, 1.807) is 40.9 Å². The van der Waals surface area contributed by atoms with E-state index in [4.69, 9.17) is 39.2 Å². The largest absolute Gasteiger partial charge is 0.460 e. The summed E-state index contributed by atoms with van der Waals surface area (Å²) in [6, 6.07) is -1.18. The number of cyclic esters (lactones) is 1. The van der Waals surface area contributed by atoms with Crippen LogP contribution in [0.2, 0.25) is 0 Å². The molecule has 0 spiro atoms. The Morgan fingerprint density at radius 2 is 1.58 bits per heavy atom. The maximum absolute atomic E-state index is 14.5. The summed E-state index contributed by atoms with van der Waals surface area (Å²) in [7, 11) is 0.659. The van der Waals surface area contributed by atoms with E-state index < -0.39 is 104 Å². The number of carbonyl (C=O) groups excluding carboxylic acids is 5. The van der Waals surface area contributed by atoms with E-state index in [9.17, 15) is 38.8 Å². The molecule has 2 bridgehead atoms. The fourth-order valence-corrected chi connectivity index (χ4v) is 11.1. The number of carbonyl (C=O) groups is 5. The van der Waals surface area contributed by atoms with Gasteiger partial charge in [-0.3, -0.25) is 23.7 Å². The van der Waals surface area contributed by atoms with Gasteiger partial charge >= 0.3 is 13.6 Å². The van der Waals surface area contributed by atoms with Crippen molar-refractivity contribution in [2.75, 3.05) is 27.9 Å². The Labute approximate surface area is 409 Å². The van der Waals surface area contributed by atoms with Crippen LogP contribution in [-0.4, -0.2) is 127 Å². The number of methoxy groups -OCH3 is 3. The number of nitrogens with two attached hydrogens (primary N) is 2. The molecule has 3 fully saturated rings. The Balaban J connectivity index is 1.70. The Hall–Kier alpha value is -3.22. The molecular weight excluding hydrogens is 910 g/mol. The fraction of sp³-hybridized carbons (Fsp3) is 0.745. The summed E-state index contributed by atoms with van der Waals surface area (Å²) >= 11 is 0. The van der Waals surface area contributed by atoms with Crippen molar-refractivity contribution in [1.82, 2.24) is 4.90 Å². The van der Waals surface area contributed by atoms with Crippen LogP contribution in [0.3, 0.4) is 0 Å². The SMILES string of the molecule is CO[C@H]1C[C@@H]2CC[C@@H](C)[C@@](O)(O2)C(=O)C(=O)N2CCCC[C@H]2C(=O)OC([C@H](C)CC2CC[C@@H](OP(N)(N)=O)[C@H](OC)C2)CC(=O)[C@H](C)/C=C(\C)[C@@H](O)[C@@H](OC)C(=O)[C@H](C)C[C@H](C)/C=C/C=CC=C1C. The number of esters is 1. The van der Waals surface area contributed by atoms with Crippen molar-refractivity contribution < 1.29 is 67.0 Å². The van der Waals surface area contributed by atoms with Gasteiger partial charge in [-0.25, -0.2) is 15.8 Å². The average Bonchev–Trinajstić information content (AvgIpc) is 3.30. The first-order valence-electron chi connectivity index (χ1n) is 24.8. The van der Waals surface area contributed by atoms with Gasteiger partial charge in [0.2, 0.25) is 5.79 Å². The Kier molecular flexibility index (Phi) is 22.4. The predicted molar refractivity (Wildman–Crippen MR) is 260 cm³/mol. The van der Waals surface area contributed by atoms with Gasteiger partial charge in [0.1, 0.15) is 30.1 Å². The van der Waals surface area contributed by atoms with E-state index in [-0.39, 0.29) is 42.8 Å². The van der Waals surface area contributed by atoms with Gasteiger partial charge in [0.05, 0.1) is 24.4 Å². The zero-order valence-electron chi connectivity index (χ0n) is 42.6. The summed E-state index contributed by atoms with van der Waals surface area (Å²) in [5.41, 5.74) is 12.3. The standard InChI is InChI=1S/C51H82N3O14P/c1-30-16-12-11-13-17-31(2)42(63-8)28-38-21-19-36(7)51(61,67-38)48(58)49(59)54-23-15-14-18-39(54)50(60)66-43(33(4)26-37-20-22-41(44(27-37)64-9)68-69(52,53)62)29-40(55)32(3)25-35(6)46(57)47(65-10)45(56)34(5)24-30/h11-13,16-17,25,30,32-34,36-39,41-44,46-47,57,61H,14-15,18-24,26-29H2,1-10H3,(H4,52,53,62)/b13-11?,16-12+,31-17?,35-25+/t30-,32-,33-,34-,36-,37?,38+,39+,41-,42+,43?,44-,46-,47+,51-/m1/s1. The lowest BCUT2D eigenvalue weighted by Gasteiger charge is -2.42. The van der Waals surface area contributed by atoms with Crippen molar-refractivity contribution in [1.29, 1.82) is 0 Å². The van der Waals surface area contributed by atoms with Crippen molar-refractivity contribution in [3.8, 4) is 0 Å². The van der Waals surface area contributed by atoms with Crippen LogP contribution in [0.25, 0.3) is 0 Å². The molecule has 4 rings (SSSR count). The Bertz CT molecular complexity index is 1950. The molecule has 1 amide bonds.